The first-order valence-electron chi connectivity index (χ1n) is 7.93. The highest BCUT2D eigenvalue weighted by Crippen LogP contribution is 2.19. The summed E-state index contributed by atoms with van der Waals surface area (Å²) in [6.07, 6.45) is 0. The molecule has 0 saturated heterocycles. The number of H-pyrrole nitrogens is 1. The van der Waals surface area contributed by atoms with Crippen molar-refractivity contribution in [2.45, 2.75) is 13.8 Å². The smallest absolute Gasteiger partial charge is 0.374 e. The van der Waals surface area contributed by atoms with Crippen LogP contribution in [0.3, 0.4) is 0 Å². The van der Waals surface area contributed by atoms with Crippen molar-refractivity contribution >= 4 is 33.8 Å². The zero-order valence-electron chi connectivity index (χ0n) is 14.1. The van der Waals surface area contributed by atoms with E-state index < -0.39 is 22.8 Å². The van der Waals surface area contributed by atoms with Crippen molar-refractivity contribution in [3.63, 3.8) is 0 Å². The maximum absolute atomic E-state index is 12.3. The van der Waals surface area contributed by atoms with Crippen LogP contribution in [0.15, 0.2) is 38.3 Å². The van der Waals surface area contributed by atoms with Crippen molar-refractivity contribution in [1.82, 2.24) is 4.98 Å². The Morgan fingerprint density at radius 2 is 1.58 bits per heavy atom. The number of benzene rings is 1. The molecule has 0 saturated carbocycles. The van der Waals surface area contributed by atoms with E-state index in [1.165, 1.54) is 12.1 Å². The van der Waals surface area contributed by atoms with E-state index in [0.717, 1.165) is 12.1 Å². The molecule has 2 aromatic heterocycles. The molecule has 0 aliphatic rings. The second-order valence-electron chi connectivity index (χ2n) is 5.36. The van der Waals surface area contributed by atoms with Gasteiger partial charge in [0.15, 0.2) is 10.9 Å². The van der Waals surface area contributed by atoms with Crippen LogP contribution < -0.4 is 10.9 Å². The molecule has 134 valence electrons. The van der Waals surface area contributed by atoms with Crippen molar-refractivity contribution in [3.8, 4) is 0 Å². The molecular weight excluding hydrogens is 342 g/mol. The zero-order valence-corrected chi connectivity index (χ0v) is 14.1. The molecule has 3 rings (SSSR count). The molecule has 1 aromatic carbocycles. The number of carbonyl (C=O) groups is 2. The van der Waals surface area contributed by atoms with Gasteiger partial charge in [0, 0.05) is 23.6 Å². The van der Waals surface area contributed by atoms with Gasteiger partial charge in [-0.1, -0.05) is 0 Å². The molecule has 0 unspecified atom stereocenters. The predicted molar refractivity (Wildman–Crippen MR) is 92.5 cm³/mol. The molecule has 26 heavy (non-hydrogen) atoms. The molecule has 0 aliphatic heterocycles. The molecule has 0 spiro atoms. The molecule has 3 aromatic rings. The quantitative estimate of drug-likeness (QED) is 0.561. The summed E-state index contributed by atoms with van der Waals surface area (Å²) in [6.45, 7) is 3.57. The first-order valence-corrected chi connectivity index (χ1v) is 7.93. The first-order chi connectivity index (χ1) is 12.4. The third-order valence-corrected chi connectivity index (χ3v) is 3.65. The Morgan fingerprint density at radius 1 is 0.923 bits per heavy atom. The van der Waals surface area contributed by atoms with E-state index in [1.54, 1.807) is 13.8 Å². The van der Waals surface area contributed by atoms with Gasteiger partial charge < -0.3 is 18.9 Å². The SMILES string of the molecule is CCOC(=O)c1cc(=O)c2cc3c(=O)cc(C(=O)OCC)oc3cc2[nH]1. The summed E-state index contributed by atoms with van der Waals surface area (Å²) in [5.74, 6) is -1.68. The van der Waals surface area contributed by atoms with E-state index in [4.69, 9.17) is 13.9 Å². The second kappa shape index (κ2) is 6.83. The van der Waals surface area contributed by atoms with Gasteiger partial charge in [-0.2, -0.15) is 0 Å². The number of carbonyl (C=O) groups excluding carboxylic acids is 2. The monoisotopic (exact) mass is 357 g/mol. The summed E-state index contributed by atoms with van der Waals surface area (Å²) < 4.78 is 15.1. The third kappa shape index (κ3) is 3.08. The number of esters is 2. The highest BCUT2D eigenvalue weighted by atomic mass is 16.5. The van der Waals surface area contributed by atoms with Crippen molar-refractivity contribution in [2.24, 2.45) is 0 Å². The number of rotatable bonds is 4. The summed E-state index contributed by atoms with van der Waals surface area (Å²) in [7, 11) is 0. The Bertz CT molecular complexity index is 1050. The van der Waals surface area contributed by atoms with Gasteiger partial charge >= 0.3 is 11.9 Å². The van der Waals surface area contributed by atoms with E-state index in [1.807, 2.05) is 0 Å². The summed E-state index contributed by atoms with van der Waals surface area (Å²) in [4.78, 5) is 51.0. The van der Waals surface area contributed by atoms with Gasteiger partial charge in [0.25, 0.3) is 0 Å². The second-order valence-corrected chi connectivity index (χ2v) is 5.36. The van der Waals surface area contributed by atoms with Crippen molar-refractivity contribution in [1.29, 1.82) is 0 Å². The molecule has 0 bridgehead atoms. The molecule has 8 heteroatoms. The van der Waals surface area contributed by atoms with Crippen molar-refractivity contribution in [3.05, 3.63) is 56.2 Å². The van der Waals surface area contributed by atoms with Gasteiger partial charge in [-0.05, 0) is 19.9 Å². The Morgan fingerprint density at radius 3 is 2.27 bits per heavy atom. The maximum Gasteiger partial charge on any atom is 0.374 e. The minimum atomic E-state index is -0.764. The Hall–Kier alpha value is -3.42. The van der Waals surface area contributed by atoms with E-state index in [-0.39, 0.29) is 46.5 Å². The number of hydrogen-bond acceptors (Lipinski definition) is 7. The van der Waals surface area contributed by atoms with Crippen LogP contribution in [-0.2, 0) is 9.47 Å². The molecular formula is C18H15NO7. The minimum Gasteiger partial charge on any atom is -0.461 e. The zero-order chi connectivity index (χ0) is 18.8. The summed E-state index contributed by atoms with van der Waals surface area (Å²) in [6, 6.07) is 4.88. The molecule has 0 atom stereocenters. The molecule has 0 aliphatic carbocycles. The molecule has 0 fully saturated rings. The highest BCUT2D eigenvalue weighted by molar-refractivity contribution is 5.97. The molecule has 0 radical (unpaired) electrons. The van der Waals surface area contributed by atoms with E-state index in [9.17, 15) is 19.2 Å². The number of pyridine rings is 1. The first kappa shape index (κ1) is 17.4. The highest BCUT2D eigenvalue weighted by Gasteiger charge is 2.16. The van der Waals surface area contributed by atoms with Crippen LogP contribution in [0.2, 0.25) is 0 Å². The van der Waals surface area contributed by atoms with Crippen LogP contribution in [0.25, 0.3) is 21.9 Å². The van der Waals surface area contributed by atoms with Gasteiger partial charge in [0.05, 0.1) is 24.1 Å². The van der Waals surface area contributed by atoms with Crippen LogP contribution in [-0.4, -0.2) is 30.1 Å². The van der Waals surface area contributed by atoms with Crippen LogP contribution in [0.4, 0.5) is 0 Å². The lowest BCUT2D eigenvalue weighted by Gasteiger charge is -2.06. The fraction of sp³-hybridized carbons (Fsp3) is 0.222. The fourth-order valence-electron chi connectivity index (χ4n) is 2.52. The van der Waals surface area contributed by atoms with Crippen LogP contribution in [0, 0.1) is 0 Å². The number of hydrogen-bond donors (Lipinski definition) is 1. The lowest BCUT2D eigenvalue weighted by Crippen LogP contribution is -2.14. The lowest BCUT2D eigenvalue weighted by atomic mass is 10.1. The van der Waals surface area contributed by atoms with E-state index >= 15 is 0 Å². The number of nitrogens with one attached hydrogen (secondary N) is 1. The summed E-state index contributed by atoms with van der Waals surface area (Å²) >= 11 is 0. The average Bonchev–Trinajstić information content (AvgIpc) is 2.60. The number of fused-ring (bicyclic) bond motifs is 2. The van der Waals surface area contributed by atoms with E-state index in [2.05, 4.69) is 4.98 Å². The number of ether oxygens (including phenoxy) is 2. The third-order valence-electron chi connectivity index (χ3n) is 3.65. The predicted octanol–water partition coefficient (Wildman–Crippen LogP) is 1.99. The molecule has 8 nitrogen and oxygen atoms in total. The molecule has 2 heterocycles. The lowest BCUT2D eigenvalue weighted by molar-refractivity contribution is 0.0488. The van der Waals surface area contributed by atoms with Crippen LogP contribution in [0.1, 0.15) is 34.9 Å². The van der Waals surface area contributed by atoms with Crippen LogP contribution >= 0.6 is 0 Å². The summed E-state index contributed by atoms with van der Waals surface area (Å²) in [5, 5.41) is 0.349. The normalized spacial score (nSPS) is 10.8. The summed E-state index contributed by atoms with van der Waals surface area (Å²) in [5.41, 5.74) is -0.586. The van der Waals surface area contributed by atoms with Gasteiger partial charge in [-0.3, -0.25) is 9.59 Å². The van der Waals surface area contributed by atoms with Gasteiger partial charge in [-0.25, -0.2) is 9.59 Å². The van der Waals surface area contributed by atoms with Gasteiger partial charge in [0.1, 0.15) is 11.3 Å². The van der Waals surface area contributed by atoms with Crippen molar-refractivity contribution in [2.75, 3.05) is 13.2 Å². The molecule has 0 amide bonds. The standard InChI is InChI=1S/C18H15NO7/c1-3-24-17(22)12-6-13(20)9-5-10-14(21)8-16(18(23)25-4-2)26-15(10)7-11(9)19-12/h5-8H,3-4H2,1-2H3,(H,19,20). The topological polar surface area (TPSA) is 116 Å². The largest absolute Gasteiger partial charge is 0.461 e. The fourth-order valence-corrected chi connectivity index (χ4v) is 2.52. The average molecular weight is 357 g/mol. The Labute approximate surface area is 146 Å². The van der Waals surface area contributed by atoms with Crippen molar-refractivity contribution < 1.29 is 23.5 Å². The minimum absolute atomic E-state index is 0.0207. The maximum atomic E-state index is 12.3. The number of aromatic nitrogens is 1. The molecule has 1 N–H and O–H groups in total. The van der Waals surface area contributed by atoms with Gasteiger partial charge in [0.2, 0.25) is 5.76 Å². The Balaban J connectivity index is 2.24. The Kier molecular flexibility index (Phi) is 4.57. The number of aromatic amines is 1. The van der Waals surface area contributed by atoms with E-state index in [0.29, 0.717) is 0 Å². The van der Waals surface area contributed by atoms with Gasteiger partial charge in [-0.15, -0.1) is 0 Å². The van der Waals surface area contributed by atoms with Crippen LogP contribution in [0.5, 0.6) is 0 Å².